The minimum atomic E-state index is -1.27. The molecule has 3 aromatic rings. The van der Waals surface area contributed by atoms with Crippen LogP contribution in [0.5, 0.6) is 11.5 Å². The molecule has 6 aliphatic rings. The number of nitrogens with zero attached hydrogens (tertiary/aromatic N) is 3. The number of hydroxylamine groups is 2. The van der Waals surface area contributed by atoms with E-state index in [1.165, 1.54) is 46.6 Å². The first-order chi connectivity index (χ1) is 28.7. The van der Waals surface area contributed by atoms with Crippen molar-refractivity contribution in [3.05, 3.63) is 80.4 Å². The van der Waals surface area contributed by atoms with Gasteiger partial charge in [-0.25, -0.2) is 14.7 Å². The van der Waals surface area contributed by atoms with Crippen molar-refractivity contribution < 1.29 is 39.0 Å². The third-order valence-electron chi connectivity index (χ3n) is 12.1. The molecule has 1 spiro atoms. The molecule has 12 nitrogen and oxygen atoms in total. The van der Waals surface area contributed by atoms with E-state index in [9.17, 15) is 29.5 Å². The van der Waals surface area contributed by atoms with Crippen LogP contribution in [0.1, 0.15) is 153 Å². The second kappa shape index (κ2) is 18.4. The summed E-state index contributed by atoms with van der Waals surface area (Å²) >= 11 is 0. The van der Waals surface area contributed by atoms with Crippen LogP contribution in [0.3, 0.4) is 0 Å². The average molecular weight is 811 g/mol. The lowest BCUT2D eigenvalue weighted by Crippen LogP contribution is -2.41. The van der Waals surface area contributed by atoms with Gasteiger partial charge in [0, 0.05) is 84.4 Å². The second-order valence-electron chi connectivity index (χ2n) is 15.3. The number of fused-ring (bicyclic) bond motifs is 8. The zero-order valence-corrected chi connectivity index (χ0v) is 36.0. The summed E-state index contributed by atoms with van der Waals surface area (Å²) < 4.78 is 13.9. The number of hydrogen-bond donors (Lipinski definition) is 3. The number of hydrogen-bond acceptors (Lipinski definition) is 9. The van der Waals surface area contributed by atoms with E-state index in [1.807, 2.05) is 41.5 Å². The summed E-state index contributed by atoms with van der Waals surface area (Å²) in [7, 11) is 0. The van der Waals surface area contributed by atoms with Gasteiger partial charge in [0.15, 0.2) is 5.60 Å². The molecule has 0 unspecified atom stereocenters. The van der Waals surface area contributed by atoms with Gasteiger partial charge in [0.25, 0.3) is 5.91 Å². The summed E-state index contributed by atoms with van der Waals surface area (Å²) in [6.45, 7) is 17.4. The lowest BCUT2D eigenvalue weighted by molar-refractivity contribution is -0.162. The number of carbonyl (C=O) groups excluding carboxylic acids is 3. The van der Waals surface area contributed by atoms with Gasteiger partial charge >= 0.3 is 11.9 Å². The molecule has 0 fully saturated rings. The average Bonchev–Trinajstić information content (AvgIpc) is 3.56. The van der Waals surface area contributed by atoms with Gasteiger partial charge in [-0.2, -0.15) is 0 Å². The summed E-state index contributed by atoms with van der Waals surface area (Å²) in [5.74, 6) is -1.29. The van der Waals surface area contributed by atoms with Crippen LogP contribution in [0.25, 0.3) is 0 Å². The van der Waals surface area contributed by atoms with Crippen molar-refractivity contribution in [2.45, 2.75) is 131 Å². The number of benzene rings is 3. The molecule has 59 heavy (non-hydrogen) atoms. The molecule has 3 aromatic carbocycles. The predicted octanol–water partition coefficient (Wildman–Crippen LogP) is 8.32. The Kier molecular flexibility index (Phi) is 13.6. The maximum absolute atomic E-state index is 14.2. The number of anilines is 2. The Bertz CT molecular complexity index is 2010. The van der Waals surface area contributed by atoms with Crippen molar-refractivity contribution in [2.75, 3.05) is 42.5 Å². The van der Waals surface area contributed by atoms with Gasteiger partial charge in [-0.3, -0.25) is 14.8 Å². The minimum absolute atomic E-state index is 0.0622. The molecule has 0 saturated carbocycles. The predicted molar refractivity (Wildman–Crippen MR) is 228 cm³/mol. The first kappa shape index (κ1) is 43.5. The standard InChI is InChI=1S/C41H44N4O8.3C2H6/c1-23(46)45(51)19-3-2-12-33(39(48)49)42-38(47)26-13-14-30-29(20-26)40(50)53-41(30)31-21-24-8-4-15-43-17-6-10-27(34(24)43)36(31)52-37-28-11-7-18-44-16-5-9-25(35(28)44)22-32(37)41;3*1-2/h13-14,20-22,33,51H,2-12,15-19H2,1H3,(H,42,47)(H,48,49);3*1-2H3/t33-;;;/m0.../s1. The first-order valence-corrected chi connectivity index (χ1v) is 22.1. The molecule has 1 atom stereocenters. The van der Waals surface area contributed by atoms with Crippen molar-refractivity contribution in [1.82, 2.24) is 10.4 Å². The highest BCUT2D eigenvalue weighted by molar-refractivity contribution is 6.03. The fraction of sp³-hybridized carbons (Fsp3) is 0.532. The normalized spacial score (nSPS) is 17.2. The van der Waals surface area contributed by atoms with Crippen LogP contribution in [0.15, 0.2) is 30.3 Å². The van der Waals surface area contributed by atoms with Crippen molar-refractivity contribution in [2.24, 2.45) is 0 Å². The molecule has 2 amide bonds. The molecular weight excluding hydrogens is 749 g/mol. The largest absolute Gasteiger partial charge is 0.480 e. The Morgan fingerprint density at radius 3 is 1.81 bits per heavy atom. The summed E-state index contributed by atoms with van der Waals surface area (Å²) in [6.07, 6.45) is 8.56. The zero-order valence-electron chi connectivity index (χ0n) is 36.0. The third kappa shape index (κ3) is 7.64. The van der Waals surface area contributed by atoms with Crippen LogP contribution in [-0.4, -0.2) is 77.9 Å². The summed E-state index contributed by atoms with van der Waals surface area (Å²) in [5, 5.41) is 22.7. The summed E-state index contributed by atoms with van der Waals surface area (Å²) in [6, 6.07) is 8.20. The molecule has 0 aromatic heterocycles. The van der Waals surface area contributed by atoms with Crippen molar-refractivity contribution >= 4 is 35.1 Å². The highest BCUT2D eigenvalue weighted by Gasteiger charge is 2.56. The number of esters is 1. The van der Waals surface area contributed by atoms with E-state index >= 15 is 0 Å². The highest BCUT2D eigenvalue weighted by atomic mass is 16.6. The molecule has 9 rings (SSSR count). The van der Waals surface area contributed by atoms with Crippen molar-refractivity contribution in [3.8, 4) is 11.5 Å². The van der Waals surface area contributed by atoms with E-state index in [2.05, 4.69) is 27.2 Å². The topological polar surface area (TPSA) is 149 Å². The van der Waals surface area contributed by atoms with Gasteiger partial charge in [-0.1, -0.05) is 47.6 Å². The van der Waals surface area contributed by atoms with E-state index < -0.39 is 35.4 Å². The van der Waals surface area contributed by atoms with E-state index in [0.29, 0.717) is 23.5 Å². The van der Waals surface area contributed by atoms with Gasteiger partial charge in [0.05, 0.1) is 5.56 Å². The van der Waals surface area contributed by atoms with Gasteiger partial charge in [-0.05, 0) is 106 Å². The molecule has 318 valence electrons. The first-order valence-electron chi connectivity index (χ1n) is 22.1. The second-order valence-corrected chi connectivity index (χ2v) is 15.3. The molecule has 0 aliphatic carbocycles. The SMILES string of the molecule is CC.CC.CC.CC(=O)N(O)CCCC[C@H](NC(=O)c1ccc2c(c1)C(=O)OC21c2cc3c4c(c2Oc2c1cc1c5c2CCCN5CCC1)CCCN4CCC3)C(=O)O. The van der Waals surface area contributed by atoms with Gasteiger partial charge in [0.2, 0.25) is 5.91 Å². The Morgan fingerprint density at radius 2 is 1.31 bits per heavy atom. The van der Waals surface area contributed by atoms with Crippen molar-refractivity contribution in [3.63, 3.8) is 0 Å². The van der Waals surface area contributed by atoms with Gasteiger partial charge in [0.1, 0.15) is 17.5 Å². The number of carboxylic acids is 1. The quantitative estimate of drug-likeness (QED) is 0.0878. The monoisotopic (exact) mass is 810 g/mol. The number of carboxylic acid groups (broad SMARTS) is 1. The fourth-order valence-electron chi connectivity index (χ4n) is 9.74. The summed E-state index contributed by atoms with van der Waals surface area (Å²) in [4.78, 5) is 56.2. The summed E-state index contributed by atoms with van der Waals surface area (Å²) in [5.41, 5.74) is 8.87. The maximum atomic E-state index is 14.2. The Balaban J connectivity index is 0.000000934. The number of amides is 2. The van der Waals surface area contributed by atoms with Crippen LogP contribution < -0.4 is 19.9 Å². The van der Waals surface area contributed by atoms with Crippen LogP contribution in [0, 0.1) is 0 Å². The minimum Gasteiger partial charge on any atom is -0.480 e. The van der Waals surface area contributed by atoms with Crippen LogP contribution >= 0.6 is 0 Å². The van der Waals surface area contributed by atoms with Crippen LogP contribution in [0.4, 0.5) is 11.4 Å². The fourth-order valence-corrected chi connectivity index (χ4v) is 9.74. The molecule has 0 saturated heterocycles. The smallest absolute Gasteiger partial charge is 0.340 e. The molecule has 0 radical (unpaired) electrons. The molecule has 6 aliphatic heterocycles. The molecular formula is C47H62N4O8. The van der Waals surface area contributed by atoms with E-state index in [4.69, 9.17) is 9.47 Å². The number of unbranched alkanes of at least 4 members (excludes halogenated alkanes) is 1. The Labute approximate surface area is 348 Å². The number of aliphatic carboxylic acids is 1. The number of nitrogens with one attached hydrogen (secondary N) is 1. The maximum Gasteiger partial charge on any atom is 0.340 e. The van der Waals surface area contributed by atoms with E-state index in [1.54, 1.807) is 12.1 Å². The zero-order chi connectivity index (χ0) is 42.6. The number of rotatable bonds is 8. The number of aryl methyl sites for hydroxylation is 2. The Morgan fingerprint density at radius 1 is 0.780 bits per heavy atom. The Hall–Kier alpha value is -5.10. The molecule has 12 heteroatoms. The highest BCUT2D eigenvalue weighted by Crippen LogP contribution is 2.62. The third-order valence-corrected chi connectivity index (χ3v) is 12.1. The number of carbonyl (C=O) groups is 4. The lowest BCUT2D eigenvalue weighted by Gasteiger charge is -2.45. The van der Waals surface area contributed by atoms with Crippen LogP contribution in [0.2, 0.25) is 0 Å². The molecule has 3 N–H and O–H groups in total. The molecule has 6 heterocycles. The molecule has 0 bridgehead atoms. The van der Waals surface area contributed by atoms with Crippen LogP contribution in [-0.2, 0) is 45.6 Å². The van der Waals surface area contributed by atoms with E-state index in [0.717, 1.165) is 100 Å². The lowest BCUT2D eigenvalue weighted by atomic mass is 9.72. The van der Waals surface area contributed by atoms with Gasteiger partial charge in [-0.15, -0.1) is 0 Å². The number of ether oxygens (including phenoxy) is 2. The van der Waals surface area contributed by atoms with Crippen molar-refractivity contribution in [1.29, 1.82) is 0 Å². The van der Waals surface area contributed by atoms with E-state index in [-0.39, 0.29) is 24.1 Å². The van der Waals surface area contributed by atoms with Gasteiger partial charge < -0.3 is 29.7 Å².